The molecule has 1 fully saturated rings. The monoisotopic (exact) mass is 397 g/mol. The lowest BCUT2D eigenvalue weighted by Gasteiger charge is -2.44. The Kier molecular flexibility index (Phi) is 8.04. The highest BCUT2D eigenvalue weighted by Crippen LogP contribution is 2.29. The minimum Gasteiger partial charge on any atom is -0.376 e. The first-order valence-electron chi connectivity index (χ1n) is 9.73. The molecule has 7 heteroatoms. The fourth-order valence-electron chi connectivity index (χ4n) is 3.59. The summed E-state index contributed by atoms with van der Waals surface area (Å²) in [5.41, 5.74) is 10.9. The minimum absolute atomic E-state index is 0.172. The number of methoxy groups -OCH3 is 1. The van der Waals surface area contributed by atoms with E-state index >= 15 is 0 Å². The van der Waals surface area contributed by atoms with Crippen LogP contribution in [0.25, 0.3) is 10.4 Å². The van der Waals surface area contributed by atoms with Crippen LogP contribution in [0.3, 0.4) is 0 Å². The van der Waals surface area contributed by atoms with Gasteiger partial charge in [0.25, 0.3) is 0 Å². The van der Waals surface area contributed by atoms with Crippen molar-refractivity contribution in [2.75, 3.05) is 13.7 Å². The molecule has 1 aliphatic rings. The van der Waals surface area contributed by atoms with Gasteiger partial charge in [0.2, 0.25) is 0 Å². The quantitative estimate of drug-likeness (QED) is 0.359. The molecule has 0 spiro atoms. The number of hydrogen-bond donors (Lipinski definition) is 0. The zero-order valence-corrected chi connectivity index (χ0v) is 16.8. The summed E-state index contributed by atoms with van der Waals surface area (Å²) in [7, 11) is 1.64. The molecule has 29 heavy (non-hydrogen) atoms. The van der Waals surface area contributed by atoms with Gasteiger partial charge < -0.3 is 18.9 Å². The summed E-state index contributed by atoms with van der Waals surface area (Å²) in [5.74, 6) is 0. The van der Waals surface area contributed by atoms with Gasteiger partial charge in [-0.05, 0) is 23.6 Å². The van der Waals surface area contributed by atoms with Crippen molar-refractivity contribution in [1.29, 1.82) is 0 Å². The van der Waals surface area contributed by atoms with E-state index in [1.807, 2.05) is 67.6 Å². The molecule has 0 aromatic heterocycles. The van der Waals surface area contributed by atoms with Crippen LogP contribution in [0.5, 0.6) is 0 Å². The smallest absolute Gasteiger partial charge is 0.114 e. The Morgan fingerprint density at radius 2 is 1.45 bits per heavy atom. The Bertz CT molecular complexity index is 783. The molecular formula is C22H27N3O4. The van der Waals surface area contributed by atoms with E-state index in [2.05, 4.69) is 10.0 Å². The molecule has 1 saturated heterocycles. The molecule has 7 nitrogen and oxygen atoms in total. The molecule has 0 saturated carbocycles. The van der Waals surface area contributed by atoms with Crippen LogP contribution in [0.2, 0.25) is 0 Å². The van der Waals surface area contributed by atoms with E-state index in [0.29, 0.717) is 13.2 Å². The van der Waals surface area contributed by atoms with Gasteiger partial charge in [0.05, 0.1) is 32.0 Å². The first-order valence-corrected chi connectivity index (χ1v) is 9.73. The maximum absolute atomic E-state index is 8.75. The molecule has 2 aromatic rings. The highest BCUT2D eigenvalue weighted by atomic mass is 16.6. The standard InChI is InChI=1S/C22H27N3O4/c1-16-20(27-14-17-9-5-3-6-10-17)22(26-2)21(19(29-16)13-24-25-23)28-15-18-11-7-4-8-12-18/h3-12,16,19-22H,13-15H2,1-2H3/t16-,19+,20-,21+,22+/m0/s1. The van der Waals surface area contributed by atoms with E-state index in [1.165, 1.54) is 0 Å². The van der Waals surface area contributed by atoms with Gasteiger partial charge in [-0.2, -0.15) is 0 Å². The number of ether oxygens (including phenoxy) is 4. The topological polar surface area (TPSA) is 85.7 Å². The van der Waals surface area contributed by atoms with Gasteiger partial charge in [0.1, 0.15) is 18.3 Å². The second-order valence-electron chi connectivity index (χ2n) is 7.02. The van der Waals surface area contributed by atoms with E-state index in [9.17, 15) is 0 Å². The molecule has 154 valence electrons. The summed E-state index contributed by atoms with van der Waals surface area (Å²) in [6.07, 6.45) is -1.75. The van der Waals surface area contributed by atoms with E-state index in [-0.39, 0.29) is 24.9 Å². The van der Waals surface area contributed by atoms with Crippen LogP contribution in [-0.4, -0.2) is 44.2 Å². The lowest BCUT2D eigenvalue weighted by molar-refractivity contribution is -0.251. The Hall–Kier alpha value is -2.41. The van der Waals surface area contributed by atoms with Crippen molar-refractivity contribution >= 4 is 0 Å². The largest absolute Gasteiger partial charge is 0.376 e. The molecule has 1 aliphatic heterocycles. The van der Waals surface area contributed by atoms with Crippen LogP contribution >= 0.6 is 0 Å². The van der Waals surface area contributed by atoms with E-state index in [4.69, 9.17) is 24.5 Å². The van der Waals surface area contributed by atoms with Gasteiger partial charge in [-0.3, -0.25) is 0 Å². The third kappa shape index (κ3) is 5.79. The van der Waals surface area contributed by atoms with Crippen LogP contribution in [0.15, 0.2) is 65.8 Å². The van der Waals surface area contributed by atoms with Crippen molar-refractivity contribution < 1.29 is 18.9 Å². The van der Waals surface area contributed by atoms with Crippen molar-refractivity contribution in [1.82, 2.24) is 0 Å². The molecule has 0 radical (unpaired) electrons. The maximum Gasteiger partial charge on any atom is 0.114 e. The zero-order valence-electron chi connectivity index (χ0n) is 16.8. The normalized spacial score (nSPS) is 26.6. The van der Waals surface area contributed by atoms with E-state index in [1.54, 1.807) is 7.11 Å². The van der Waals surface area contributed by atoms with Crippen molar-refractivity contribution in [2.45, 2.75) is 50.7 Å². The number of azide groups is 1. The highest BCUT2D eigenvalue weighted by molar-refractivity contribution is 5.14. The van der Waals surface area contributed by atoms with Crippen LogP contribution in [-0.2, 0) is 32.2 Å². The van der Waals surface area contributed by atoms with Gasteiger partial charge in [-0.15, -0.1) is 0 Å². The third-order valence-electron chi connectivity index (χ3n) is 5.03. The van der Waals surface area contributed by atoms with Gasteiger partial charge in [0, 0.05) is 12.0 Å². The SMILES string of the molecule is CO[C@@H]1[C@@H](OCc2ccccc2)[C@H](C)O[C@H](CN=[N+]=[N-])[C@H]1OCc1ccccc1. The Morgan fingerprint density at radius 3 is 1.97 bits per heavy atom. The third-order valence-corrected chi connectivity index (χ3v) is 5.03. The van der Waals surface area contributed by atoms with Crippen LogP contribution < -0.4 is 0 Å². The molecule has 0 aliphatic carbocycles. The summed E-state index contributed by atoms with van der Waals surface area (Å²) in [6.45, 7) is 2.97. The summed E-state index contributed by atoms with van der Waals surface area (Å²) < 4.78 is 24.3. The summed E-state index contributed by atoms with van der Waals surface area (Å²) in [6, 6.07) is 19.9. The Labute approximate surface area is 171 Å². The average Bonchev–Trinajstić information content (AvgIpc) is 2.77. The number of benzene rings is 2. The summed E-state index contributed by atoms with van der Waals surface area (Å²) in [5, 5.41) is 3.70. The Morgan fingerprint density at radius 1 is 0.897 bits per heavy atom. The minimum atomic E-state index is -0.428. The van der Waals surface area contributed by atoms with Gasteiger partial charge in [-0.1, -0.05) is 65.8 Å². The molecule has 1 heterocycles. The lowest BCUT2D eigenvalue weighted by atomic mass is 9.94. The van der Waals surface area contributed by atoms with Gasteiger partial charge in [0.15, 0.2) is 0 Å². The molecular weight excluding hydrogens is 370 g/mol. The first kappa shape index (κ1) is 21.3. The van der Waals surface area contributed by atoms with Crippen molar-refractivity contribution in [3.63, 3.8) is 0 Å². The first-order chi connectivity index (χ1) is 14.2. The zero-order chi connectivity index (χ0) is 20.5. The van der Waals surface area contributed by atoms with Crippen molar-refractivity contribution in [3.8, 4) is 0 Å². The molecule has 0 bridgehead atoms. The van der Waals surface area contributed by atoms with Crippen molar-refractivity contribution in [3.05, 3.63) is 82.2 Å². The predicted molar refractivity (Wildman–Crippen MR) is 109 cm³/mol. The number of rotatable bonds is 9. The van der Waals surface area contributed by atoms with E-state index in [0.717, 1.165) is 11.1 Å². The van der Waals surface area contributed by atoms with Gasteiger partial charge >= 0.3 is 0 Å². The van der Waals surface area contributed by atoms with Crippen LogP contribution in [0.1, 0.15) is 18.1 Å². The molecule has 3 rings (SSSR count). The van der Waals surface area contributed by atoms with E-state index < -0.39 is 12.2 Å². The molecule has 0 N–H and O–H groups in total. The molecule has 2 aromatic carbocycles. The maximum atomic E-state index is 8.75. The Balaban J connectivity index is 1.74. The lowest BCUT2D eigenvalue weighted by Crippen LogP contribution is -2.59. The second kappa shape index (κ2) is 11.0. The fraction of sp³-hybridized carbons (Fsp3) is 0.455. The highest BCUT2D eigenvalue weighted by Gasteiger charge is 2.45. The molecule has 0 amide bonds. The van der Waals surface area contributed by atoms with Crippen LogP contribution in [0.4, 0.5) is 0 Å². The number of nitrogens with zero attached hydrogens (tertiary/aromatic N) is 3. The molecule has 0 unspecified atom stereocenters. The second-order valence-corrected chi connectivity index (χ2v) is 7.02. The van der Waals surface area contributed by atoms with Gasteiger partial charge in [-0.25, -0.2) is 0 Å². The average molecular weight is 397 g/mol. The fourth-order valence-corrected chi connectivity index (χ4v) is 3.59. The molecule has 5 atom stereocenters. The summed E-state index contributed by atoms with van der Waals surface area (Å²) >= 11 is 0. The summed E-state index contributed by atoms with van der Waals surface area (Å²) in [4.78, 5) is 2.87. The number of hydrogen-bond acceptors (Lipinski definition) is 5. The van der Waals surface area contributed by atoms with Crippen LogP contribution in [0, 0.1) is 0 Å². The van der Waals surface area contributed by atoms with Crippen molar-refractivity contribution in [2.24, 2.45) is 5.11 Å². The predicted octanol–water partition coefficient (Wildman–Crippen LogP) is 4.27.